The molecule has 0 saturated carbocycles. The highest BCUT2D eigenvalue weighted by atomic mass is 32.7. The van der Waals surface area contributed by atoms with E-state index in [-0.39, 0.29) is 24.1 Å². The molecule has 2 N–H and O–H groups in total. The van der Waals surface area contributed by atoms with E-state index >= 15 is 0 Å². The van der Waals surface area contributed by atoms with Crippen LogP contribution in [0.5, 0.6) is 11.5 Å². The van der Waals surface area contributed by atoms with Gasteiger partial charge >= 0.3 is 5.69 Å². The van der Waals surface area contributed by atoms with Gasteiger partial charge in [-0.3, -0.25) is 14.0 Å². The molecule has 3 saturated heterocycles. The zero-order valence-electron chi connectivity index (χ0n) is 33.8. The molecule has 60 heavy (non-hydrogen) atoms. The van der Waals surface area contributed by atoms with Gasteiger partial charge in [0.15, 0.2) is 13.7 Å². The maximum atomic E-state index is 13.5. The molecule has 0 spiro atoms. The number of hydrogen-bond acceptors (Lipinski definition) is 13. The van der Waals surface area contributed by atoms with E-state index < -0.39 is 42.8 Å². The fourth-order valence-corrected chi connectivity index (χ4v) is 13.3. The molecule has 2 unspecified atom stereocenters. The van der Waals surface area contributed by atoms with E-state index in [9.17, 15) is 9.59 Å². The number of anilines is 1. The minimum Gasteiger partial charge on any atom is -0.497 e. The standard InChI is InChI=1S/C45H49N4O8PS2/c1-31-28-49(43(51)47-40(31)46)41-38-39(57-58(48-24-10-11-25-48)60-27-26-59-42(50)32-12-6-4-7-13-32)44(56-41,29-54-38)30-55-45(33-14-8-5-9-15-33,34-16-20-36(52-2)21-17-34)35-18-22-37(53-3)23-19-35/h4-9,12-23,28,38-39,41H,10-11,24-27,29-30H2,1-3H3,(H2,46,47,51)/t38?,39-,41-,44-,58?/m1/s1. The number of rotatable bonds is 17. The summed E-state index contributed by atoms with van der Waals surface area (Å²) in [6.07, 6.45) is 1.65. The fourth-order valence-electron chi connectivity index (χ4n) is 7.99. The number of methoxy groups -OCH3 is 2. The highest BCUT2D eigenvalue weighted by Gasteiger charge is 2.65. The Morgan fingerprint density at radius 2 is 1.48 bits per heavy atom. The van der Waals surface area contributed by atoms with E-state index in [1.807, 2.05) is 97.1 Å². The molecule has 3 fully saturated rings. The average molecular weight is 869 g/mol. The number of carbonyl (C=O) groups is 1. The van der Waals surface area contributed by atoms with E-state index in [4.69, 9.17) is 33.9 Å². The summed E-state index contributed by atoms with van der Waals surface area (Å²) in [5.41, 5.74) is 7.19. The number of thioether (sulfide) groups is 1. The molecule has 2 bridgehead atoms. The number of hydrogen-bond donors (Lipinski definition) is 1. The van der Waals surface area contributed by atoms with Crippen LogP contribution in [0.15, 0.2) is 120 Å². The third-order valence-corrected chi connectivity index (χ3v) is 16.4. The van der Waals surface area contributed by atoms with Crippen LogP contribution >= 0.6 is 30.6 Å². The van der Waals surface area contributed by atoms with Gasteiger partial charge in [0.05, 0.1) is 27.4 Å². The summed E-state index contributed by atoms with van der Waals surface area (Å²) >= 11 is 3.04. The van der Waals surface area contributed by atoms with Crippen LogP contribution in [0.2, 0.25) is 0 Å². The van der Waals surface area contributed by atoms with Crippen molar-refractivity contribution in [2.24, 2.45) is 0 Å². The van der Waals surface area contributed by atoms with Crippen LogP contribution in [-0.2, 0) is 24.3 Å². The number of nitrogens with zero attached hydrogens (tertiary/aromatic N) is 3. The summed E-state index contributed by atoms with van der Waals surface area (Å²) in [5.74, 6) is 2.91. The summed E-state index contributed by atoms with van der Waals surface area (Å²) in [4.78, 5) is 30.6. The average Bonchev–Trinajstić information content (AvgIpc) is 4.02. The number of nitrogen functional groups attached to an aromatic ring is 1. The van der Waals surface area contributed by atoms with Crippen LogP contribution in [0.3, 0.4) is 0 Å². The number of aromatic nitrogens is 2. The molecule has 1 aromatic heterocycles. The van der Waals surface area contributed by atoms with Gasteiger partial charge < -0.3 is 33.9 Å². The van der Waals surface area contributed by atoms with Gasteiger partial charge in [0, 0.05) is 41.9 Å². The van der Waals surface area contributed by atoms with Crippen molar-refractivity contribution in [2.75, 3.05) is 57.8 Å². The summed E-state index contributed by atoms with van der Waals surface area (Å²) in [6.45, 7) is 3.80. The number of aryl methyl sites for hydroxylation is 1. The monoisotopic (exact) mass is 868 g/mol. The highest BCUT2D eigenvalue weighted by Crippen LogP contribution is 2.61. The summed E-state index contributed by atoms with van der Waals surface area (Å²) in [6, 6.07) is 35.2. The van der Waals surface area contributed by atoms with E-state index in [0.29, 0.717) is 34.1 Å². The van der Waals surface area contributed by atoms with Gasteiger partial charge in [-0.05, 0) is 60.7 Å². The van der Waals surface area contributed by atoms with Crippen LogP contribution < -0.4 is 20.9 Å². The van der Waals surface area contributed by atoms with Gasteiger partial charge in [-0.1, -0.05) is 108 Å². The fraction of sp³-hybridized carbons (Fsp3) is 0.356. The molecule has 4 aromatic carbocycles. The van der Waals surface area contributed by atoms with E-state index in [1.54, 1.807) is 38.7 Å². The van der Waals surface area contributed by atoms with E-state index in [2.05, 4.69) is 21.8 Å². The van der Waals surface area contributed by atoms with Crippen molar-refractivity contribution in [3.63, 3.8) is 0 Å². The van der Waals surface area contributed by atoms with Gasteiger partial charge in [-0.2, -0.15) is 4.98 Å². The maximum Gasteiger partial charge on any atom is 0.351 e. The lowest BCUT2D eigenvalue weighted by atomic mass is 9.79. The van der Waals surface area contributed by atoms with E-state index in [0.717, 1.165) is 42.6 Å². The Morgan fingerprint density at radius 1 is 0.883 bits per heavy atom. The van der Waals surface area contributed by atoms with Crippen LogP contribution in [-0.4, -0.2) is 89.2 Å². The first kappa shape index (κ1) is 42.5. The first-order valence-electron chi connectivity index (χ1n) is 19.9. The molecule has 0 amide bonds. The Balaban J connectivity index is 1.16. The smallest absolute Gasteiger partial charge is 0.351 e. The molecular formula is C45H49N4O8PS2. The molecule has 8 rings (SSSR count). The molecule has 3 aliphatic heterocycles. The second-order valence-corrected chi connectivity index (χ2v) is 19.6. The van der Waals surface area contributed by atoms with Gasteiger partial charge in [-0.25, -0.2) is 4.79 Å². The number of carbonyl (C=O) groups excluding carboxylic acids is 1. The van der Waals surface area contributed by atoms with Gasteiger partial charge in [-0.15, -0.1) is 0 Å². The van der Waals surface area contributed by atoms with Crippen LogP contribution in [0, 0.1) is 6.92 Å². The topological polar surface area (TPSA) is 137 Å². The summed E-state index contributed by atoms with van der Waals surface area (Å²) in [5, 5.41) is 0.0469. The van der Waals surface area contributed by atoms with Crippen molar-refractivity contribution in [2.45, 2.75) is 49.4 Å². The lowest BCUT2D eigenvalue weighted by Crippen LogP contribution is -2.49. The zero-order chi connectivity index (χ0) is 41.7. The number of ether oxygens (including phenoxy) is 5. The first-order chi connectivity index (χ1) is 29.2. The molecule has 12 nitrogen and oxygen atoms in total. The predicted molar refractivity (Wildman–Crippen MR) is 237 cm³/mol. The second-order valence-electron chi connectivity index (χ2n) is 14.9. The van der Waals surface area contributed by atoms with Crippen molar-refractivity contribution >= 4 is 41.6 Å². The van der Waals surface area contributed by atoms with Crippen LogP contribution in [0.1, 0.15) is 51.7 Å². The molecule has 4 heterocycles. The predicted octanol–water partition coefficient (Wildman–Crippen LogP) is 7.84. The van der Waals surface area contributed by atoms with E-state index in [1.165, 1.54) is 16.3 Å². The van der Waals surface area contributed by atoms with Crippen molar-refractivity contribution < 1.29 is 33.0 Å². The van der Waals surface area contributed by atoms with Crippen molar-refractivity contribution in [3.05, 3.63) is 154 Å². The molecule has 15 heteroatoms. The normalized spacial score (nSPS) is 21.9. The summed E-state index contributed by atoms with van der Waals surface area (Å²) < 4.78 is 43.5. The number of nitrogens with two attached hydrogens (primary N) is 1. The Morgan fingerprint density at radius 3 is 2.10 bits per heavy atom. The van der Waals surface area contributed by atoms with Crippen LogP contribution in [0.25, 0.3) is 0 Å². The zero-order valence-corrected chi connectivity index (χ0v) is 36.3. The largest absolute Gasteiger partial charge is 0.497 e. The Kier molecular flexibility index (Phi) is 13.3. The van der Waals surface area contributed by atoms with Gasteiger partial charge in [0.1, 0.15) is 40.7 Å². The second kappa shape index (κ2) is 18.8. The molecular weight excluding hydrogens is 820 g/mol. The first-order valence-corrected chi connectivity index (χ1v) is 23.7. The minimum atomic E-state index is -1.23. The Hall–Kier alpha value is -4.24. The lowest BCUT2D eigenvalue weighted by molar-refractivity contribution is -0.203. The number of fused-ring (bicyclic) bond motifs is 2. The van der Waals surface area contributed by atoms with Crippen molar-refractivity contribution in [1.82, 2.24) is 14.2 Å². The van der Waals surface area contributed by atoms with Crippen LogP contribution in [0.4, 0.5) is 5.82 Å². The minimum absolute atomic E-state index is 0.0308. The quantitative estimate of drug-likeness (QED) is 0.0553. The lowest BCUT2D eigenvalue weighted by Gasteiger charge is -2.40. The molecule has 5 atom stereocenters. The van der Waals surface area contributed by atoms with Gasteiger partial charge in [0.2, 0.25) is 5.12 Å². The maximum absolute atomic E-state index is 13.5. The van der Waals surface area contributed by atoms with Crippen molar-refractivity contribution in [1.29, 1.82) is 0 Å². The SMILES string of the molecule is COc1ccc(C(OC[C@@]23COC([C@H](n4cc(C)c(N)nc4=O)O2)[C@H]3OP(SCCSC(=O)c2ccccc2)N2CCCC2)(c2ccccc2)c2ccc(OC)cc2)cc1. The molecule has 5 aromatic rings. The Bertz CT molecular complexity index is 2240. The van der Waals surface area contributed by atoms with Crippen molar-refractivity contribution in [3.8, 4) is 11.5 Å². The number of benzene rings is 4. The Labute approximate surface area is 359 Å². The molecule has 3 aliphatic rings. The summed E-state index contributed by atoms with van der Waals surface area (Å²) in [7, 11) is 2.05. The molecule has 0 radical (unpaired) electrons. The molecule has 0 aliphatic carbocycles. The molecule has 314 valence electrons. The highest BCUT2D eigenvalue weighted by molar-refractivity contribution is 8.53. The van der Waals surface area contributed by atoms with Gasteiger partial charge in [0.25, 0.3) is 0 Å². The third kappa shape index (κ3) is 8.62. The third-order valence-electron chi connectivity index (χ3n) is 11.2.